The fourth-order valence-corrected chi connectivity index (χ4v) is 4.41. The second kappa shape index (κ2) is 11.5. The predicted octanol–water partition coefficient (Wildman–Crippen LogP) is 5.33. The van der Waals surface area contributed by atoms with Crippen molar-refractivity contribution in [1.29, 1.82) is 0 Å². The number of rotatable bonds is 8. The van der Waals surface area contributed by atoms with Crippen molar-refractivity contribution in [3.63, 3.8) is 0 Å². The number of hydrogen-bond donors (Lipinski definition) is 1. The van der Waals surface area contributed by atoms with Gasteiger partial charge in [-0.05, 0) is 62.0 Å². The molecular weight excluding hydrogens is 399 g/mol. The van der Waals surface area contributed by atoms with Crippen LogP contribution >= 0.6 is 12.4 Å². The number of benzene rings is 2. The van der Waals surface area contributed by atoms with Gasteiger partial charge in [0.2, 0.25) is 5.91 Å². The maximum atomic E-state index is 13.3. The number of carbonyl (C=O) groups is 1. The molecule has 5 heteroatoms. The Morgan fingerprint density at radius 3 is 2.20 bits per heavy atom. The van der Waals surface area contributed by atoms with Crippen LogP contribution in [0.4, 0.5) is 4.39 Å². The molecule has 3 rings (SSSR count). The van der Waals surface area contributed by atoms with E-state index < -0.39 is 0 Å². The Bertz CT molecular complexity index is 769. The number of likely N-dealkylation sites (tertiary alicyclic amines) is 1. The molecule has 1 amide bonds. The zero-order valence-electron chi connectivity index (χ0n) is 18.1. The van der Waals surface area contributed by atoms with E-state index in [-0.39, 0.29) is 35.5 Å². The highest BCUT2D eigenvalue weighted by molar-refractivity contribution is 5.85. The Balaban J connectivity index is 0.00000320. The van der Waals surface area contributed by atoms with Gasteiger partial charge in [-0.2, -0.15) is 0 Å². The van der Waals surface area contributed by atoms with Crippen LogP contribution in [0.3, 0.4) is 0 Å². The van der Waals surface area contributed by atoms with Crippen LogP contribution in [0.15, 0.2) is 54.6 Å². The monoisotopic (exact) mass is 432 g/mol. The summed E-state index contributed by atoms with van der Waals surface area (Å²) in [7, 11) is 0. The summed E-state index contributed by atoms with van der Waals surface area (Å²) < 4.78 is 13.3. The average molecular weight is 433 g/mol. The van der Waals surface area contributed by atoms with E-state index in [4.69, 9.17) is 0 Å². The summed E-state index contributed by atoms with van der Waals surface area (Å²) in [6.07, 6.45) is 3.62. The Morgan fingerprint density at radius 2 is 1.63 bits per heavy atom. The normalized spacial score (nSPS) is 15.4. The standard InChI is InChI=1S/C25H33FN2O.ClH/c1-3-25(4-2,22-10-12-23(26)13-11-22)19-27-24(29)21-14-16-28(17-15-21)18-20-8-6-5-7-9-20;/h5-13,21H,3-4,14-19H2,1-2H3,(H,27,29);1H. The first kappa shape index (κ1) is 24.4. The Morgan fingerprint density at radius 1 is 1.03 bits per heavy atom. The maximum Gasteiger partial charge on any atom is 0.223 e. The number of halogens is 2. The molecule has 30 heavy (non-hydrogen) atoms. The van der Waals surface area contributed by atoms with Gasteiger partial charge in [-0.25, -0.2) is 4.39 Å². The molecule has 0 atom stereocenters. The lowest BCUT2D eigenvalue weighted by atomic mass is 9.75. The molecule has 2 aromatic carbocycles. The van der Waals surface area contributed by atoms with Crippen LogP contribution in [0.5, 0.6) is 0 Å². The van der Waals surface area contributed by atoms with Crippen LogP contribution < -0.4 is 5.32 Å². The second-order valence-corrected chi connectivity index (χ2v) is 8.25. The maximum absolute atomic E-state index is 13.3. The minimum Gasteiger partial charge on any atom is -0.355 e. The van der Waals surface area contributed by atoms with Gasteiger partial charge in [-0.1, -0.05) is 56.3 Å². The molecule has 0 aliphatic carbocycles. The summed E-state index contributed by atoms with van der Waals surface area (Å²) in [5.74, 6) is 0.0283. The lowest BCUT2D eigenvalue weighted by molar-refractivity contribution is -0.126. The molecule has 0 spiro atoms. The van der Waals surface area contributed by atoms with Gasteiger partial charge in [0.1, 0.15) is 5.82 Å². The number of amides is 1. The van der Waals surface area contributed by atoms with Crippen molar-refractivity contribution >= 4 is 18.3 Å². The highest BCUT2D eigenvalue weighted by Crippen LogP contribution is 2.31. The third-order valence-electron chi connectivity index (χ3n) is 6.62. The molecule has 0 unspecified atom stereocenters. The van der Waals surface area contributed by atoms with Crippen molar-refractivity contribution in [2.24, 2.45) is 5.92 Å². The summed E-state index contributed by atoms with van der Waals surface area (Å²) in [5, 5.41) is 3.22. The van der Waals surface area contributed by atoms with Gasteiger partial charge >= 0.3 is 0 Å². The van der Waals surface area contributed by atoms with E-state index in [9.17, 15) is 9.18 Å². The Kier molecular flexibility index (Phi) is 9.32. The summed E-state index contributed by atoms with van der Waals surface area (Å²) in [6.45, 7) is 7.75. The average Bonchev–Trinajstić information content (AvgIpc) is 2.77. The van der Waals surface area contributed by atoms with Gasteiger partial charge < -0.3 is 5.32 Å². The van der Waals surface area contributed by atoms with E-state index in [0.29, 0.717) is 6.54 Å². The molecule has 3 nitrogen and oxygen atoms in total. The Hall–Kier alpha value is -1.91. The lowest BCUT2D eigenvalue weighted by Crippen LogP contribution is -2.45. The first-order valence-electron chi connectivity index (χ1n) is 10.9. The molecule has 0 aromatic heterocycles. The van der Waals surface area contributed by atoms with Crippen molar-refractivity contribution in [2.75, 3.05) is 19.6 Å². The Labute approximate surface area is 186 Å². The van der Waals surface area contributed by atoms with Crippen molar-refractivity contribution in [2.45, 2.75) is 51.5 Å². The third kappa shape index (κ3) is 6.05. The molecular formula is C25H34ClFN2O. The highest BCUT2D eigenvalue weighted by Gasteiger charge is 2.31. The van der Waals surface area contributed by atoms with Crippen LogP contribution in [-0.2, 0) is 16.8 Å². The molecule has 2 aromatic rings. The molecule has 1 heterocycles. The minimum atomic E-state index is -0.221. The molecule has 1 aliphatic heterocycles. The molecule has 1 aliphatic rings. The molecule has 1 N–H and O–H groups in total. The zero-order valence-corrected chi connectivity index (χ0v) is 18.9. The second-order valence-electron chi connectivity index (χ2n) is 8.25. The first-order valence-corrected chi connectivity index (χ1v) is 10.9. The molecule has 164 valence electrons. The molecule has 0 bridgehead atoms. The molecule has 0 saturated carbocycles. The fraction of sp³-hybridized carbons (Fsp3) is 0.480. The number of hydrogen-bond acceptors (Lipinski definition) is 2. The summed E-state index contributed by atoms with van der Waals surface area (Å²) in [4.78, 5) is 15.3. The third-order valence-corrected chi connectivity index (χ3v) is 6.62. The summed E-state index contributed by atoms with van der Waals surface area (Å²) in [5.41, 5.74) is 2.28. The van der Waals surface area contributed by atoms with Crippen molar-refractivity contribution in [1.82, 2.24) is 10.2 Å². The van der Waals surface area contributed by atoms with E-state index in [1.165, 1.54) is 17.7 Å². The van der Waals surface area contributed by atoms with E-state index >= 15 is 0 Å². The van der Waals surface area contributed by atoms with Crippen LogP contribution in [0.1, 0.15) is 50.7 Å². The topological polar surface area (TPSA) is 32.3 Å². The fourth-order valence-electron chi connectivity index (χ4n) is 4.41. The van der Waals surface area contributed by atoms with Gasteiger partial charge in [0.05, 0.1) is 0 Å². The van der Waals surface area contributed by atoms with E-state index in [1.54, 1.807) is 0 Å². The SMILES string of the molecule is CCC(CC)(CNC(=O)C1CCN(Cc2ccccc2)CC1)c1ccc(F)cc1.Cl. The smallest absolute Gasteiger partial charge is 0.223 e. The van der Waals surface area contributed by atoms with E-state index in [0.717, 1.165) is 50.9 Å². The molecule has 0 radical (unpaired) electrons. The number of nitrogens with zero attached hydrogens (tertiary/aromatic N) is 1. The van der Waals surface area contributed by atoms with Gasteiger partial charge in [-0.15, -0.1) is 12.4 Å². The molecule has 1 saturated heterocycles. The number of carbonyl (C=O) groups excluding carboxylic acids is 1. The largest absolute Gasteiger partial charge is 0.355 e. The van der Waals surface area contributed by atoms with Gasteiger partial charge in [-0.3, -0.25) is 9.69 Å². The molecule has 1 fully saturated rings. The van der Waals surface area contributed by atoms with Gasteiger partial charge in [0, 0.05) is 24.4 Å². The first-order chi connectivity index (χ1) is 14.1. The number of nitrogens with one attached hydrogen (secondary N) is 1. The minimum absolute atomic E-state index is 0. The van der Waals surface area contributed by atoms with Crippen molar-refractivity contribution in [3.05, 3.63) is 71.5 Å². The lowest BCUT2D eigenvalue weighted by Gasteiger charge is -2.35. The van der Waals surface area contributed by atoms with E-state index in [1.807, 2.05) is 18.2 Å². The van der Waals surface area contributed by atoms with Crippen molar-refractivity contribution in [3.8, 4) is 0 Å². The van der Waals surface area contributed by atoms with Crippen LogP contribution in [0.25, 0.3) is 0 Å². The zero-order chi connectivity index (χ0) is 20.7. The van der Waals surface area contributed by atoms with Crippen LogP contribution in [-0.4, -0.2) is 30.4 Å². The van der Waals surface area contributed by atoms with Crippen LogP contribution in [0, 0.1) is 11.7 Å². The van der Waals surface area contributed by atoms with Gasteiger partial charge in [0.15, 0.2) is 0 Å². The van der Waals surface area contributed by atoms with Gasteiger partial charge in [0.25, 0.3) is 0 Å². The summed E-state index contributed by atoms with van der Waals surface area (Å²) in [6, 6.07) is 17.2. The van der Waals surface area contributed by atoms with Crippen LogP contribution in [0.2, 0.25) is 0 Å². The predicted molar refractivity (Wildman–Crippen MR) is 123 cm³/mol. The quantitative estimate of drug-likeness (QED) is 0.611. The highest BCUT2D eigenvalue weighted by atomic mass is 35.5. The van der Waals surface area contributed by atoms with E-state index in [2.05, 4.69) is 48.3 Å². The summed E-state index contributed by atoms with van der Waals surface area (Å²) >= 11 is 0. The number of piperidine rings is 1. The van der Waals surface area contributed by atoms with Crippen molar-refractivity contribution < 1.29 is 9.18 Å².